The van der Waals surface area contributed by atoms with Gasteiger partial charge in [0.15, 0.2) is 0 Å². The molecule has 3 nitrogen and oxygen atoms in total. The Morgan fingerprint density at radius 3 is 3.14 bits per heavy atom. The first-order chi connectivity index (χ1) is 6.79. The molecular weight excluding hydrogens is 202 g/mol. The van der Waals surface area contributed by atoms with Crippen LogP contribution in [0.25, 0.3) is 0 Å². The van der Waals surface area contributed by atoms with Gasteiger partial charge in [0, 0.05) is 18.3 Å². The molecule has 0 aromatic carbocycles. The van der Waals surface area contributed by atoms with Gasteiger partial charge in [0.1, 0.15) is 5.69 Å². The third kappa shape index (κ3) is 2.64. The summed E-state index contributed by atoms with van der Waals surface area (Å²) >= 11 is 5.40. The van der Waals surface area contributed by atoms with Crippen molar-refractivity contribution in [1.29, 1.82) is 0 Å². The molecular formula is C10H12ClNO2. The van der Waals surface area contributed by atoms with Crippen LogP contribution in [0.5, 0.6) is 0 Å². The van der Waals surface area contributed by atoms with Gasteiger partial charge in [-0.05, 0) is 19.1 Å². The molecule has 0 radical (unpaired) electrons. The maximum absolute atomic E-state index is 11.4. The van der Waals surface area contributed by atoms with Crippen molar-refractivity contribution >= 4 is 17.6 Å². The van der Waals surface area contributed by atoms with Crippen molar-refractivity contribution in [3.05, 3.63) is 35.6 Å². The molecule has 1 aromatic rings. The van der Waals surface area contributed by atoms with Crippen molar-refractivity contribution in [3.8, 4) is 0 Å². The van der Waals surface area contributed by atoms with Crippen LogP contribution in [0.4, 0.5) is 0 Å². The van der Waals surface area contributed by atoms with Crippen molar-refractivity contribution in [2.75, 3.05) is 6.61 Å². The van der Waals surface area contributed by atoms with E-state index in [0.717, 1.165) is 0 Å². The van der Waals surface area contributed by atoms with Gasteiger partial charge >= 0.3 is 5.97 Å². The molecule has 0 fully saturated rings. The second-order valence-corrected chi connectivity index (χ2v) is 2.88. The van der Waals surface area contributed by atoms with Gasteiger partial charge in [0.25, 0.3) is 0 Å². The summed E-state index contributed by atoms with van der Waals surface area (Å²) in [6.45, 7) is 2.74. The lowest BCUT2D eigenvalue weighted by Crippen LogP contribution is -2.11. The zero-order valence-electron chi connectivity index (χ0n) is 7.94. The Bertz CT molecular complexity index is 331. The summed E-state index contributed by atoms with van der Waals surface area (Å²) in [4.78, 5) is 11.4. The van der Waals surface area contributed by atoms with E-state index in [2.05, 4.69) is 0 Å². The fraction of sp³-hybridized carbons (Fsp3) is 0.300. The molecule has 0 bridgehead atoms. The van der Waals surface area contributed by atoms with Crippen molar-refractivity contribution in [2.24, 2.45) is 0 Å². The number of rotatable bonds is 4. The van der Waals surface area contributed by atoms with Gasteiger partial charge in [0.05, 0.1) is 6.61 Å². The number of ether oxygens (including phenoxy) is 1. The lowest BCUT2D eigenvalue weighted by Gasteiger charge is -2.05. The molecule has 0 aliphatic carbocycles. The molecule has 0 aliphatic rings. The Balaban J connectivity index is 2.76. The molecule has 4 heteroatoms. The molecule has 76 valence electrons. The summed E-state index contributed by atoms with van der Waals surface area (Å²) in [5, 5.41) is 0. The number of hydrogen-bond acceptors (Lipinski definition) is 2. The van der Waals surface area contributed by atoms with Crippen molar-refractivity contribution in [1.82, 2.24) is 4.57 Å². The molecule has 1 heterocycles. The summed E-state index contributed by atoms with van der Waals surface area (Å²) in [6, 6.07) is 3.52. The van der Waals surface area contributed by atoms with E-state index in [4.69, 9.17) is 16.3 Å². The number of allylic oxidation sites excluding steroid dienone is 1. The number of nitrogens with zero attached hydrogens (tertiary/aromatic N) is 1. The molecule has 0 atom stereocenters. The van der Waals surface area contributed by atoms with Crippen molar-refractivity contribution in [3.63, 3.8) is 0 Å². The lowest BCUT2D eigenvalue weighted by molar-refractivity contribution is 0.0514. The number of halogens is 1. The van der Waals surface area contributed by atoms with E-state index in [9.17, 15) is 4.79 Å². The minimum Gasteiger partial charge on any atom is -0.461 e. The fourth-order valence-electron chi connectivity index (χ4n) is 1.12. The molecule has 1 aromatic heterocycles. The second-order valence-electron chi connectivity index (χ2n) is 2.63. The highest BCUT2D eigenvalue weighted by Crippen LogP contribution is 2.04. The fourth-order valence-corrected chi connectivity index (χ4v) is 1.20. The molecule has 14 heavy (non-hydrogen) atoms. The topological polar surface area (TPSA) is 31.2 Å². The third-order valence-electron chi connectivity index (χ3n) is 1.71. The minimum absolute atomic E-state index is 0.305. The Morgan fingerprint density at radius 2 is 2.50 bits per heavy atom. The Kier molecular flexibility index (Phi) is 4.26. The number of carbonyl (C=O) groups is 1. The van der Waals surface area contributed by atoms with Gasteiger partial charge in [-0.2, -0.15) is 0 Å². The quantitative estimate of drug-likeness (QED) is 0.720. The highest BCUT2D eigenvalue weighted by Gasteiger charge is 2.09. The van der Waals surface area contributed by atoms with Gasteiger partial charge in [-0.1, -0.05) is 17.7 Å². The summed E-state index contributed by atoms with van der Waals surface area (Å²) in [5.74, 6) is -0.305. The molecule has 0 amide bonds. The van der Waals surface area contributed by atoms with Gasteiger partial charge in [-0.15, -0.1) is 0 Å². The summed E-state index contributed by atoms with van der Waals surface area (Å²) in [6.07, 6.45) is 3.56. The zero-order chi connectivity index (χ0) is 10.4. The normalized spacial score (nSPS) is 10.7. The predicted octanol–water partition coefficient (Wildman–Crippen LogP) is 2.42. The standard InChI is InChI=1S/C10H12ClNO2/c1-2-14-10(13)9-5-3-7-12(9)8-4-6-11/h3-7H,2,8H2,1H3/b6-4+. The minimum atomic E-state index is -0.305. The van der Waals surface area contributed by atoms with Crippen LogP contribution in [0.2, 0.25) is 0 Å². The Hall–Kier alpha value is -1.22. The van der Waals surface area contributed by atoms with Crippen LogP contribution >= 0.6 is 11.6 Å². The summed E-state index contributed by atoms with van der Waals surface area (Å²) in [7, 11) is 0. The first-order valence-electron chi connectivity index (χ1n) is 4.37. The maximum Gasteiger partial charge on any atom is 0.354 e. The van der Waals surface area contributed by atoms with Gasteiger partial charge < -0.3 is 9.30 Å². The van der Waals surface area contributed by atoms with E-state index < -0.39 is 0 Å². The smallest absolute Gasteiger partial charge is 0.354 e. The first kappa shape index (κ1) is 10.9. The van der Waals surface area contributed by atoms with Crippen LogP contribution in [-0.2, 0) is 11.3 Å². The van der Waals surface area contributed by atoms with E-state index >= 15 is 0 Å². The van der Waals surface area contributed by atoms with Crippen molar-refractivity contribution < 1.29 is 9.53 Å². The Morgan fingerprint density at radius 1 is 1.71 bits per heavy atom. The highest BCUT2D eigenvalue weighted by atomic mass is 35.5. The number of aromatic nitrogens is 1. The van der Waals surface area contributed by atoms with Crippen LogP contribution in [-0.4, -0.2) is 17.1 Å². The monoisotopic (exact) mass is 213 g/mol. The zero-order valence-corrected chi connectivity index (χ0v) is 8.70. The van der Waals surface area contributed by atoms with Crippen molar-refractivity contribution in [2.45, 2.75) is 13.5 Å². The van der Waals surface area contributed by atoms with Crippen LogP contribution < -0.4 is 0 Å². The molecule has 1 rings (SSSR count). The lowest BCUT2D eigenvalue weighted by atomic mass is 10.4. The molecule has 0 N–H and O–H groups in total. The molecule has 0 aliphatic heterocycles. The largest absolute Gasteiger partial charge is 0.461 e. The van der Waals surface area contributed by atoms with Gasteiger partial charge in [0.2, 0.25) is 0 Å². The molecule has 0 spiro atoms. The molecule has 0 saturated heterocycles. The second kappa shape index (κ2) is 5.50. The predicted molar refractivity (Wildman–Crippen MR) is 55.4 cm³/mol. The highest BCUT2D eigenvalue weighted by molar-refractivity contribution is 6.25. The average molecular weight is 214 g/mol. The number of esters is 1. The SMILES string of the molecule is CCOC(=O)c1cccn1C/C=C/Cl. The first-order valence-corrected chi connectivity index (χ1v) is 4.80. The van der Waals surface area contributed by atoms with E-state index in [-0.39, 0.29) is 5.97 Å². The maximum atomic E-state index is 11.4. The van der Waals surface area contributed by atoms with E-state index in [0.29, 0.717) is 18.8 Å². The van der Waals surface area contributed by atoms with Crippen LogP contribution in [0, 0.1) is 0 Å². The molecule has 0 unspecified atom stereocenters. The van der Waals surface area contributed by atoms with Crippen LogP contribution in [0.15, 0.2) is 29.9 Å². The van der Waals surface area contributed by atoms with Crippen LogP contribution in [0.3, 0.4) is 0 Å². The van der Waals surface area contributed by atoms with E-state index in [1.165, 1.54) is 5.54 Å². The summed E-state index contributed by atoms with van der Waals surface area (Å²) in [5.41, 5.74) is 1.97. The van der Waals surface area contributed by atoms with Gasteiger partial charge in [-0.25, -0.2) is 4.79 Å². The number of hydrogen-bond donors (Lipinski definition) is 0. The third-order valence-corrected chi connectivity index (χ3v) is 1.88. The molecule has 0 saturated carbocycles. The van der Waals surface area contributed by atoms with Gasteiger partial charge in [-0.3, -0.25) is 0 Å². The average Bonchev–Trinajstić information content (AvgIpc) is 2.63. The summed E-state index contributed by atoms with van der Waals surface area (Å²) < 4.78 is 6.66. The van der Waals surface area contributed by atoms with E-state index in [1.807, 2.05) is 6.20 Å². The Labute approximate surface area is 87.9 Å². The van der Waals surface area contributed by atoms with E-state index in [1.54, 1.807) is 29.7 Å². The number of carbonyl (C=O) groups excluding carboxylic acids is 1. The van der Waals surface area contributed by atoms with Crippen LogP contribution in [0.1, 0.15) is 17.4 Å².